The Bertz CT molecular complexity index is 1480. The number of carbonyl (C=O) groups is 2. The van der Waals surface area contributed by atoms with E-state index in [2.05, 4.69) is 5.32 Å². The maximum atomic E-state index is 14.1. The van der Waals surface area contributed by atoms with Crippen molar-refractivity contribution < 1.29 is 18.0 Å². The van der Waals surface area contributed by atoms with Crippen LogP contribution in [0.1, 0.15) is 30.5 Å². The van der Waals surface area contributed by atoms with E-state index < -0.39 is 28.5 Å². The Morgan fingerprint density at radius 3 is 2.20 bits per heavy atom. The summed E-state index contributed by atoms with van der Waals surface area (Å²) in [6.07, 6.45) is 1.24. The minimum atomic E-state index is -3.91. The molecule has 3 rings (SSSR count). The number of halogens is 3. The summed E-state index contributed by atoms with van der Waals surface area (Å²) < 4.78 is 27.0. The van der Waals surface area contributed by atoms with Crippen molar-refractivity contribution in [3.63, 3.8) is 0 Å². The lowest BCUT2D eigenvalue weighted by Gasteiger charge is -2.34. The van der Waals surface area contributed by atoms with Crippen LogP contribution in [0.4, 0.5) is 5.69 Å². The zero-order chi connectivity index (χ0) is 30.3. The van der Waals surface area contributed by atoms with Crippen LogP contribution >= 0.6 is 34.8 Å². The molecule has 0 fully saturated rings. The van der Waals surface area contributed by atoms with Gasteiger partial charge in [0.25, 0.3) is 0 Å². The van der Waals surface area contributed by atoms with Gasteiger partial charge in [-0.3, -0.25) is 13.9 Å². The van der Waals surface area contributed by atoms with Crippen LogP contribution in [0.2, 0.25) is 15.1 Å². The summed E-state index contributed by atoms with van der Waals surface area (Å²) in [4.78, 5) is 29.2. The van der Waals surface area contributed by atoms with E-state index in [9.17, 15) is 18.0 Å². The molecule has 41 heavy (non-hydrogen) atoms. The summed E-state index contributed by atoms with van der Waals surface area (Å²) in [5, 5.41) is 3.92. The third-order valence-corrected chi connectivity index (χ3v) is 8.51. The van der Waals surface area contributed by atoms with E-state index >= 15 is 0 Å². The zero-order valence-corrected chi connectivity index (χ0v) is 26.5. The molecule has 0 aromatic heterocycles. The fraction of sp³-hybridized carbons (Fsp3) is 0.333. The van der Waals surface area contributed by atoms with Crippen LogP contribution < -0.4 is 9.62 Å². The molecule has 0 radical (unpaired) electrons. The highest BCUT2D eigenvalue weighted by molar-refractivity contribution is 7.92. The lowest BCUT2D eigenvalue weighted by atomic mass is 10.0. The monoisotopic (exact) mass is 637 g/mol. The number of sulfonamides is 1. The van der Waals surface area contributed by atoms with Crippen molar-refractivity contribution in [1.82, 2.24) is 10.2 Å². The van der Waals surface area contributed by atoms with Gasteiger partial charge in [0.05, 0.1) is 22.0 Å². The number of benzene rings is 3. The van der Waals surface area contributed by atoms with Crippen molar-refractivity contribution in [2.24, 2.45) is 5.92 Å². The van der Waals surface area contributed by atoms with Crippen molar-refractivity contribution in [2.75, 3.05) is 23.7 Å². The van der Waals surface area contributed by atoms with E-state index in [-0.39, 0.29) is 30.5 Å². The highest BCUT2D eigenvalue weighted by atomic mass is 35.5. The van der Waals surface area contributed by atoms with Gasteiger partial charge in [0.2, 0.25) is 21.8 Å². The van der Waals surface area contributed by atoms with E-state index in [0.717, 1.165) is 16.1 Å². The number of hydrogen-bond acceptors (Lipinski definition) is 4. The highest BCUT2D eigenvalue weighted by Crippen LogP contribution is 2.28. The number of nitrogens with zero attached hydrogens (tertiary/aromatic N) is 2. The molecule has 0 bridgehead atoms. The normalized spacial score (nSPS) is 12.2. The summed E-state index contributed by atoms with van der Waals surface area (Å²) >= 11 is 18.6. The maximum absolute atomic E-state index is 14.1. The average Bonchev–Trinajstić information content (AvgIpc) is 2.91. The lowest BCUT2D eigenvalue weighted by molar-refractivity contribution is -0.140. The summed E-state index contributed by atoms with van der Waals surface area (Å²) in [7, 11) is -3.91. The molecule has 3 aromatic rings. The predicted molar refractivity (Wildman–Crippen MR) is 167 cm³/mol. The van der Waals surface area contributed by atoms with Crippen molar-refractivity contribution >= 4 is 62.3 Å². The first-order valence-electron chi connectivity index (χ1n) is 13.0. The Hall–Kier alpha value is -2.78. The second-order valence-corrected chi connectivity index (χ2v) is 13.5. The third kappa shape index (κ3) is 9.36. The SMILES string of the molecule is Cc1ccc(Cl)cc1N(CC(=O)N(Cc1ccc(Cl)c(Cl)c1)[C@H](Cc1ccccc1)C(=O)NCC(C)C)S(C)(=O)=O. The van der Waals surface area contributed by atoms with Crippen LogP contribution in [0.5, 0.6) is 0 Å². The van der Waals surface area contributed by atoms with Gasteiger partial charge < -0.3 is 10.2 Å². The van der Waals surface area contributed by atoms with E-state index in [1.807, 2.05) is 44.2 Å². The van der Waals surface area contributed by atoms with E-state index in [1.165, 1.54) is 11.0 Å². The van der Waals surface area contributed by atoms with Crippen LogP contribution in [0, 0.1) is 12.8 Å². The molecule has 0 aliphatic heterocycles. The van der Waals surface area contributed by atoms with Gasteiger partial charge in [-0.1, -0.05) is 91.1 Å². The molecule has 0 aliphatic carbocycles. The van der Waals surface area contributed by atoms with Crippen LogP contribution in [-0.2, 0) is 32.6 Å². The van der Waals surface area contributed by atoms with Crippen molar-refractivity contribution in [3.05, 3.63) is 98.5 Å². The molecule has 0 aliphatic rings. The Balaban J connectivity index is 2.09. The summed E-state index contributed by atoms with van der Waals surface area (Å²) in [6.45, 7) is 5.55. The van der Waals surface area contributed by atoms with Crippen LogP contribution in [0.15, 0.2) is 66.7 Å². The fourth-order valence-electron chi connectivity index (χ4n) is 4.26. The molecule has 7 nitrogen and oxygen atoms in total. The van der Waals surface area contributed by atoms with Crippen molar-refractivity contribution in [3.8, 4) is 0 Å². The molecule has 2 amide bonds. The molecule has 220 valence electrons. The highest BCUT2D eigenvalue weighted by Gasteiger charge is 2.33. The zero-order valence-electron chi connectivity index (χ0n) is 23.4. The molecular weight excluding hydrogens is 605 g/mol. The number of rotatable bonds is 12. The standard InChI is InChI=1S/C30H34Cl3N3O4S/c1-20(2)17-34-30(38)28(15-22-8-6-5-7-9-22)35(18-23-11-13-25(32)26(33)14-23)29(37)19-36(41(4,39)40)27-16-24(31)12-10-21(27)3/h5-14,16,20,28H,15,17-19H2,1-4H3,(H,34,38)/t28-/m1/s1. The Morgan fingerprint density at radius 2 is 1.59 bits per heavy atom. The van der Waals surface area contributed by atoms with Crippen LogP contribution in [0.25, 0.3) is 0 Å². The largest absolute Gasteiger partial charge is 0.354 e. The second-order valence-electron chi connectivity index (χ2n) is 10.3. The Kier molecular flexibility index (Phi) is 11.5. The maximum Gasteiger partial charge on any atom is 0.244 e. The minimum absolute atomic E-state index is 0.00551. The van der Waals surface area contributed by atoms with Gasteiger partial charge in [0.1, 0.15) is 12.6 Å². The second kappa shape index (κ2) is 14.4. The van der Waals surface area contributed by atoms with Gasteiger partial charge in [-0.15, -0.1) is 0 Å². The van der Waals surface area contributed by atoms with Gasteiger partial charge in [-0.05, 0) is 53.8 Å². The first kappa shape index (κ1) is 32.7. The van der Waals surface area contributed by atoms with Crippen LogP contribution in [0.3, 0.4) is 0 Å². The first-order valence-corrected chi connectivity index (χ1v) is 16.0. The third-order valence-electron chi connectivity index (χ3n) is 6.41. The number of hydrogen-bond donors (Lipinski definition) is 1. The van der Waals surface area contributed by atoms with Crippen molar-refractivity contribution in [2.45, 2.75) is 39.8 Å². The van der Waals surface area contributed by atoms with Gasteiger partial charge in [-0.2, -0.15) is 0 Å². The van der Waals surface area contributed by atoms with E-state index in [4.69, 9.17) is 34.8 Å². The molecule has 3 aromatic carbocycles. The average molecular weight is 639 g/mol. The van der Waals surface area contributed by atoms with Crippen LogP contribution in [-0.4, -0.2) is 50.5 Å². The lowest BCUT2D eigenvalue weighted by Crippen LogP contribution is -2.53. The Labute approximate surface area is 257 Å². The predicted octanol–water partition coefficient (Wildman–Crippen LogP) is 6.13. The summed E-state index contributed by atoms with van der Waals surface area (Å²) in [5.41, 5.74) is 2.38. The molecule has 0 saturated carbocycles. The molecule has 0 saturated heterocycles. The molecule has 0 spiro atoms. The first-order chi connectivity index (χ1) is 19.3. The topological polar surface area (TPSA) is 86.8 Å². The summed E-state index contributed by atoms with van der Waals surface area (Å²) in [5.74, 6) is -0.732. The molecule has 0 heterocycles. The fourth-order valence-corrected chi connectivity index (χ4v) is 5.64. The summed E-state index contributed by atoms with van der Waals surface area (Å²) in [6, 6.07) is 18.2. The van der Waals surface area contributed by atoms with Gasteiger partial charge >= 0.3 is 0 Å². The van der Waals surface area contributed by atoms with E-state index in [1.54, 1.807) is 37.3 Å². The van der Waals surface area contributed by atoms with Crippen molar-refractivity contribution in [1.29, 1.82) is 0 Å². The quantitative estimate of drug-likeness (QED) is 0.259. The molecule has 0 unspecified atom stereocenters. The number of aryl methyl sites for hydroxylation is 1. The number of amides is 2. The number of anilines is 1. The number of carbonyl (C=O) groups excluding carboxylic acids is 2. The number of nitrogens with one attached hydrogen (secondary N) is 1. The minimum Gasteiger partial charge on any atom is -0.354 e. The van der Waals surface area contributed by atoms with E-state index in [0.29, 0.717) is 32.7 Å². The molecule has 1 N–H and O–H groups in total. The van der Waals surface area contributed by atoms with Gasteiger partial charge in [-0.25, -0.2) is 8.42 Å². The molecule has 11 heteroatoms. The van der Waals surface area contributed by atoms with Gasteiger partial charge in [0.15, 0.2) is 0 Å². The molecular formula is C30H34Cl3N3O4S. The smallest absolute Gasteiger partial charge is 0.244 e. The van der Waals surface area contributed by atoms with Gasteiger partial charge in [0, 0.05) is 24.5 Å². The molecule has 1 atom stereocenters. The Morgan fingerprint density at radius 1 is 0.902 bits per heavy atom.